The van der Waals surface area contributed by atoms with E-state index in [1.807, 2.05) is 18.2 Å². The highest BCUT2D eigenvalue weighted by Crippen LogP contribution is 2.22. The van der Waals surface area contributed by atoms with Crippen LogP contribution >= 0.6 is 11.8 Å². The molecule has 2 rings (SSSR count). The van der Waals surface area contributed by atoms with Crippen molar-refractivity contribution in [2.75, 3.05) is 12.4 Å². The normalized spacial score (nSPS) is 20.1. The molecule has 0 saturated carbocycles. The molecule has 0 spiro atoms. The average Bonchev–Trinajstić information content (AvgIpc) is 2.79. The third-order valence-electron chi connectivity index (χ3n) is 2.28. The van der Waals surface area contributed by atoms with E-state index in [0.29, 0.717) is 11.8 Å². The summed E-state index contributed by atoms with van der Waals surface area (Å²) in [4.78, 5) is 4.20. The molecule has 1 aliphatic rings. The van der Waals surface area contributed by atoms with E-state index in [1.54, 1.807) is 17.8 Å². The number of nitrogens with zero attached hydrogens (tertiary/aromatic N) is 2. The van der Waals surface area contributed by atoms with Crippen LogP contribution in [0.3, 0.4) is 0 Å². The van der Waals surface area contributed by atoms with Crippen LogP contribution in [0.1, 0.15) is 18.5 Å². The Kier molecular flexibility index (Phi) is 3.59. The number of rotatable bonds is 3. The third kappa shape index (κ3) is 2.95. The molecule has 1 atom stereocenters. The smallest absolute Gasteiger partial charge is 0.141 e. The Morgan fingerprint density at radius 3 is 3.27 bits per heavy atom. The van der Waals surface area contributed by atoms with E-state index in [4.69, 9.17) is 10.00 Å². The van der Waals surface area contributed by atoms with Crippen LogP contribution in [0.4, 0.5) is 0 Å². The molecule has 1 aromatic rings. The van der Waals surface area contributed by atoms with Crippen molar-refractivity contribution in [1.29, 1.82) is 5.26 Å². The van der Waals surface area contributed by atoms with Gasteiger partial charge >= 0.3 is 0 Å². The van der Waals surface area contributed by atoms with E-state index in [0.717, 1.165) is 30.2 Å². The molecule has 0 N–H and O–H groups in total. The SMILES string of the molecule is N#Cc1cccc(SCC2CCCO2)n1. The lowest BCUT2D eigenvalue weighted by atomic mass is 10.3. The lowest BCUT2D eigenvalue weighted by molar-refractivity contribution is 0.129. The molecule has 3 nitrogen and oxygen atoms in total. The first kappa shape index (κ1) is 10.5. The van der Waals surface area contributed by atoms with Crippen LogP contribution in [0, 0.1) is 11.3 Å². The first-order valence-electron chi connectivity index (χ1n) is 5.00. The van der Waals surface area contributed by atoms with E-state index < -0.39 is 0 Å². The average molecular weight is 220 g/mol. The van der Waals surface area contributed by atoms with E-state index in [9.17, 15) is 0 Å². The van der Waals surface area contributed by atoms with Crippen LogP contribution in [-0.4, -0.2) is 23.4 Å². The summed E-state index contributed by atoms with van der Waals surface area (Å²) in [7, 11) is 0. The van der Waals surface area contributed by atoms with Crippen molar-refractivity contribution in [2.24, 2.45) is 0 Å². The standard InChI is InChI=1S/C11H12N2OS/c12-7-9-3-1-5-11(13-9)15-8-10-4-2-6-14-10/h1,3,5,10H,2,4,6,8H2. The van der Waals surface area contributed by atoms with Gasteiger partial charge in [0.25, 0.3) is 0 Å². The monoisotopic (exact) mass is 220 g/mol. The maximum atomic E-state index is 8.70. The number of hydrogen-bond acceptors (Lipinski definition) is 4. The van der Waals surface area contributed by atoms with Gasteiger partial charge in [-0.2, -0.15) is 5.26 Å². The minimum Gasteiger partial charge on any atom is -0.377 e. The lowest BCUT2D eigenvalue weighted by Crippen LogP contribution is -2.07. The number of pyridine rings is 1. The summed E-state index contributed by atoms with van der Waals surface area (Å²) in [6.07, 6.45) is 2.67. The second kappa shape index (κ2) is 5.15. The molecule has 1 aromatic heterocycles. The Morgan fingerprint density at radius 2 is 2.53 bits per heavy atom. The van der Waals surface area contributed by atoms with Crippen LogP contribution in [0.25, 0.3) is 0 Å². The van der Waals surface area contributed by atoms with Gasteiger partial charge in [-0.3, -0.25) is 0 Å². The number of aromatic nitrogens is 1. The van der Waals surface area contributed by atoms with Gasteiger partial charge in [-0.1, -0.05) is 6.07 Å². The van der Waals surface area contributed by atoms with Crippen molar-refractivity contribution in [3.8, 4) is 6.07 Å². The summed E-state index contributed by atoms with van der Waals surface area (Å²) in [5, 5.41) is 9.60. The Hall–Kier alpha value is -1.05. The molecule has 1 fully saturated rings. The lowest BCUT2D eigenvalue weighted by Gasteiger charge is -2.07. The molecule has 4 heteroatoms. The maximum Gasteiger partial charge on any atom is 0.141 e. The summed E-state index contributed by atoms with van der Waals surface area (Å²) < 4.78 is 5.52. The summed E-state index contributed by atoms with van der Waals surface area (Å²) in [6, 6.07) is 7.55. The molecule has 1 unspecified atom stereocenters. The predicted molar refractivity (Wildman–Crippen MR) is 58.7 cm³/mol. The highest BCUT2D eigenvalue weighted by atomic mass is 32.2. The molecule has 0 aromatic carbocycles. The van der Waals surface area contributed by atoms with Crippen LogP contribution < -0.4 is 0 Å². The van der Waals surface area contributed by atoms with Crippen molar-refractivity contribution in [3.05, 3.63) is 23.9 Å². The first-order chi connectivity index (χ1) is 7.38. The van der Waals surface area contributed by atoms with Gasteiger partial charge in [0.2, 0.25) is 0 Å². The van der Waals surface area contributed by atoms with Gasteiger partial charge in [-0.05, 0) is 25.0 Å². The van der Waals surface area contributed by atoms with Gasteiger partial charge in [-0.25, -0.2) is 4.98 Å². The van der Waals surface area contributed by atoms with Gasteiger partial charge in [0.05, 0.1) is 11.1 Å². The Balaban J connectivity index is 1.90. The Labute approximate surface area is 93.5 Å². The van der Waals surface area contributed by atoms with Crippen LogP contribution in [0.5, 0.6) is 0 Å². The fourth-order valence-corrected chi connectivity index (χ4v) is 2.47. The number of nitriles is 1. The van der Waals surface area contributed by atoms with Gasteiger partial charge < -0.3 is 4.74 Å². The Morgan fingerprint density at radius 1 is 1.60 bits per heavy atom. The zero-order chi connectivity index (χ0) is 10.5. The second-order valence-corrected chi connectivity index (χ2v) is 4.46. The van der Waals surface area contributed by atoms with Crippen molar-refractivity contribution in [3.63, 3.8) is 0 Å². The van der Waals surface area contributed by atoms with Gasteiger partial charge in [0, 0.05) is 12.4 Å². The van der Waals surface area contributed by atoms with Gasteiger partial charge in [-0.15, -0.1) is 11.8 Å². The molecule has 0 amide bonds. The van der Waals surface area contributed by atoms with Gasteiger partial charge in [0.15, 0.2) is 0 Å². The van der Waals surface area contributed by atoms with E-state index >= 15 is 0 Å². The molecular formula is C11H12N2OS. The topological polar surface area (TPSA) is 45.9 Å². The van der Waals surface area contributed by atoms with E-state index in [2.05, 4.69) is 4.98 Å². The molecule has 1 saturated heterocycles. The van der Waals surface area contributed by atoms with Crippen molar-refractivity contribution in [2.45, 2.75) is 24.0 Å². The number of ether oxygens (including phenoxy) is 1. The molecule has 0 radical (unpaired) electrons. The largest absolute Gasteiger partial charge is 0.377 e. The molecule has 1 aliphatic heterocycles. The predicted octanol–water partition coefficient (Wildman–Crippen LogP) is 2.22. The fraction of sp³-hybridized carbons (Fsp3) is 0.455. The Bertz CT molecular complexity index is 369. The van der Waals surface area contributed by atoms with E-state index in [1.165, 1.54) is 0 Å². The zero-order valence-corrected chi connectivity index (χ0v) is 9.17. The van der Waals surface area contributed by atoms with Crippen LogP contribution in [-0.2, 0) is 4.74 Å². The van der Waals surface area contributed by atoms with Crippen LogP contribution in [0.15, 0.2) is 23.2 Å². The summed E-state index contributed by atoms with van der Waals surface area (Å²) in [5.41, 5.74) is 0.479. The molecule has 2 heterocycles. The summed E-state index contributed by atoms with van der Waals surface area (Å²) >= 11 is 1.66. The van der Waals surface area contributed by atoms with Gasteiger partial charge in [0.1, 0.15) is 11.8 Å². The van der Waals surface area contributed by atoms with Crippen molar-refractivity contribution < 1.29 is 4.74 Å². The van der Waals surface area contributed by atoms with Crippen LogP contribution in [0.2, 0.25) is 0 Å². The minimum absolute atomic E-state index is 0.363. The minimum atomic E-state index is 0.363. The fourth-order valence-electron chi connectivity index (χ4n) is 1.51. The molecule has 0 bridgehead atoms. The summed E-state index contributed by atoms with van der Waals surface area (Å²) in [5.74, 6) is 0.932. The molecule has 0 aliphatic carbocycles. The quantitative estimate of drug-likeness (QED) is 0.733. The number of thioether (sulfide) groups is 1. The summed E-state index contributed by atoms with van der Waals surface area (Å²) in [6.45, 7) is 0.886. The second-order valence-electron chi connectivity index (χ2n) is 3.42. The highest BCUT2D eigenvalue weighted by molar-refractivity contribution is 7.99. The van der Waals surface area contributed by atoms with Crippen molar-refractivity contribution >= 4 is 11.8 Å². The maximum absolute atomic E-state index is 8.70. The molecule has 15 heavy (non-hydrogen) atoms. The highest BCUT2D eigenvalue weighted by Gasteiger charge is 2.15. The van der Waals surface area contributed by atoms with Crippen molar-refractivity contribution in [1.82, 2.24) is 4.98 Å². The third-order valence-corrected chi connectivity index (χ3v) is 3.34. The molecular weight excluding hydrogens is 208 g/mol. The number of hydrogen-bond donors (Lipinski definition) is 0. The van der Waals surface area contributed by atoms with E-state index in [-0.39, 0.29) is 0 Å². The molecule has 78 valence electrons. The zero-order valence-electron chi connectivity index (χ0n) is 8.35. The first-order valence-corrected chi connectivity index (χ1v) is 5.98.